The molecule has 2 aliphatic heterocycles. The van der Waals surface area contributed by atoms with Crippen LogP contribution in [0.5, 0.6) is 0 Å². The van der Waals surface area contributed by atoms with E-state index in [0.717, 1.165) is 45.3 Å². The van der Waals surface area contributed by atoms with Crippen LogP contribution in [0.3, 0.4) is 0 Å². The first-order valence-corrected chi connectivity index (χ1v) is 8.39. The van der Waals surface area contributed by atoms with E-state index in [9.17, 15) is 9.90 Å². The minimum absolute atomic E-state index is 0.446. The molecule has 1 unspecified atom stereocenters. The molecule has 0 aromatic rings. The van der Waals surface area contributed by atoms with Gasteiger partial charge in [0, 0.05) is 19.1 Å². The molecule has 0 radical (unpaired) electrons. The Morgan fingerprint density at radius 1 is 1.05 bits per heavy atom. The molecule has 4 heteroatoms. The molecule has 0 aromatic carbocycles. The topological polar surface area (TPSA) is 43.8 Å². The number of aliphatic carboxylic acids is 1. The molecule has 2 saturated heterocycles. The summed E-state index contributed by atoms with van der Waals surface area (Å²) in [6, 6.07) is 0.687. The summed E-state index contributed by atoms with van der Waals surface area (Å²) in [5.74, 6) is -0.554. The molecule has 0 spiro atoms. The monoisotopic (exact) mass is 280 g/mol. The summed E-state index contributed by atoms with van der Waals surface area (Å²) >= 11 is 0. The van der Waals surface area contributed by atoms with E-state index in [1.54, 1.807) is 0 Å². The second kappa shape index (κ2) is 6.02. The summed E-state index contributed by atoms with van der Waals surface area (Å²) in [6.45, 7) is 5.48. The van der Waals surface area contributed by atoms with E-state index in [0.29, 0.717) is 6.04 Å². The number of rotatable bonds is 4. The second-order valence-electron chi connectivity index (χ2n) is 7.07. The molecule has 0 aromatic heterocycles. The molecule has 1 N–H and O–H groups in total. The molecule has 3 rings (SSSR count). The highest BCUT2D eigenvalue weighted by molar-refractivity contribution is 5.75. The average Bonchev–Trinajstić information content (AvgIpc) is 3.10. The van der Waals surface area contributed by atoms with Gasteiger partial charge in [0.15, 0.2) is 0 Å². The molecule has 0 amide bonds. The van der Waals surface area contributed by atoms with Gasteiger partial charge in [-0.3, -0.25) is 9.69 Å². The number of carboxylic acids is 1. The maximum atomic E-state index is 11.8. The lowest BCUT2D eigenvalue weighted by atomic mass is 9.73. The summed E-state index contributed by atoms with van der Waals surface area (Å²) in [5.41, 5.74) is -0.446. The van der Waals surface area contributed by atoms with Crippen LogP contribution in [0.4, 0.5) is 0 Å². The zero-order chi connectivity index (χ0) is 14.0. The number of hydrogen-bond donors (Lipinski definition) is 1. The Labute approximate surface area is 122 Å². The Morgan fingerprint density at radius 2 is 1.75 bits per heavy atom. The van der Waals surface area contributed by atoms with Crippen molar-refractivity contribution in [3.8, 4) is 0 Å². The number of carbonyl (C=O) groups is 1. The molecule has 4 nitrogen and oxygen atoms in total. The number of likely N-dealkylation sites (tertiary alicyclic amines) is 2. The summed E-state index contributed by atoms with van der Waals surface area (Å²) < 4.78 is 0. The number of hydrogen-bond acceptors (Lipinski definition) is 3. The normalized spacial score (nSPS) is 31.7. The lowest BCUT2D eigenvalue weighted by molar-refractivity contribution is -0.152. The zero-order valence-electron chi connectivity index (χ0n) is 12.5. The van der Waals surface area contributed by atoms with Crippen LogP contribution in [0.1, 0.15) is 51.4 Å². The third kappa shape index (κ3) is 2.86. The van der Waals surface area contributed by atoms with Crippen molar-refractivity contribution in [1.82, 2.24) is 9.80 Å². The summed E-state index contributed by atoms with van der Waals surface area (Å²) in [5, 5.41) is 9.69. The molecule has 1 aliphatic carbocycles. The smallest absolute Gasteiger partial charge is 0.310 e. The maximum Gasteiger partial charge on any atom is 0.310 e. The van der Waals surface area contributed by atoms with Gasteiger partial charge in [0.2, 0.25) is 0 Å². The van der Waals surface area contributed by atoms with Gasteiger partial charge in [0.05, 0.1) is 5.41 Å². The van der Waals surface area contributed by atoms with E-state index in [4.69, 9.17) is 0 Å². The van der Waals surface area contributed by atoms with Gasteiger partial charge in [-0.2, -0.15) is 0 Å². The van der Waals surface area contributed by atoms with Gasteiger partial charge in [0.1, 0.15) is 0 Å². The van der Waals surface area contributed by atoms with Gasteiger partial charge >= 0.3 is 5.97 Å². The molecule has 3 aliphatic rings. The molecule has 3 fully saturated rings. The Kier molecular flexibility index (Phi) is 4.32. The average molecular weight is 280 g/mol. The SMILES string of the molecule is O=C(O)C1(CN2CCC(N3CCCC3)C2)CCCCC1. The van der Waals surface area contributed by atoms with Crippen molar-refractivity contribution in [3.05, 3.63) is 0 Å². The quantitative estimate of drug-likeness (QED) is 0.857. The van der Waals surface area contributed by atoms with Gasteiger partial charge in [-0.1, -0.05) is 19.3 Å². The molecule has 20 heavy (non-hydrogen) atoms. The summed E-state index contributed by atoms with van der Waals surface area (Å²) in [4.78, 5) is 16.8. The van der Waals surface area contributed by atoms with Gasteiger partial charge in [-0.15, -0.1) is 0 Å². The summed E-state index contributed by atoms with van der Waals surface area (Å²) in [7, 11) is 0. The Bertz CT molecular complexity index is 346. The molecule has 1 atom stereocenters. The minimum Gasteiger partial charge on any atom is -0.481 e. The molecule has 1 saturated carbocycles. The van der Waals surface area contributed by atoms with Gasteiger partial charge < -0.3 is 10.0 Å². The predicted octanol–water partition coefficient (Wildman–Crippen LogP) is 2.19. The molecular formula is C16H28N2O2. The van der Waals surface area contributed by atoms with Crippen LogP contribution in [-0.2, 0) is 4.79 Å². The highest BCUT2D eigenvalue weighted by Crippen LogP contribution is 2.38. The zero-order valence-corrected chi connectivity index (χ0v) is 12.5. The van der Waals surface area contributed by atoms with Crippen molar-refractivity contribution in [2.24, 2.45) is 5.41 Å². The first-order valence-electron chi connectivity index (χ1n) is 8.39. The largest absolute Gasteiger partial charge is 0.481 e. The fraction of sp³-hybridized carbons (Fsp3) is 0.938. The van der Waals surface area contributed by atoms with Crippen LogP contribution in [0.15, 0.2) is 0 Å². The lowest BCUT2D eigenvalue weighted by Gasteiger charge is -2.36. The van der Waals surface area contributed by atoms with Crippen LogP contribution < -0.4 is 0 Å². The summed E-state index contributed by atoms with van der Waals surface area (Å²) in [6.07, 6.45) is 9.08. The Balaban J connectivity index is 1.58. The van der Waals surface area contributed by atoms with Crippen molar-refractivity contribution < 1.29 is 9.90 Å². The fourth-order valence-corrected chi connectivity index (χ4v) is 4.46. The number of carboxylic acid groups (broad SMARTS) is 1. The van der Waals surface area contributed by atoms with Crippen molar-refractivity contribution >= 4 is 5.97 Å². The Morgan fingerprint density at radius 3 is 2.40 bits per heavy atom. The molecule has 114 valence electrons. The minimum atomic E-state index is -0.554. The van der Waals surface area contributed by atoms with E-state index in [2.05, 4.69) is 9.80 Å². The van der Waals surface area contributed by atoms with E-state index < -0.39 is 11.4 Å². The highest BCUT2D eigenvalue weighted by Gasteiger charge is 2.42. The van der Waals surface area contributed by atoms with Crippen molar-refractivity contribution in [2.75, 3.05) is 32.7 Å². The predicted molar refractivity (Wildman–Crippen MR) is 78.8 cm³/mol. The van der Waals surface area contributed by atoms with Gasteiger partial charge in [-0.05, 0) is 51.7 Å². The fourth-order valence-electron chi connectivity index (χ4n) is 4.46. The van der Waals surface area contributed by atoms with Crippen LogP contribution in [0.25, 0.3) is 0 Å². The second-order valence-corrected chi connectivity index (χ2v) is 7.07. The van der Waals surface area contributed by atoms with Crippen molar-refractivity contribution in [1.29, 1.82) is 0 Å². The van der Waals surface area contributed by atoms with Gasteiger partial charge in [-0.25, -0.2) is 0 Å². The molecule has 2 heterocycles. The first-order chi connectivity index (χ1) is 9.70. The third-order valence-corrected chi connectivity index (χ3v) is 5.70. The van der Waals surface area contributed by atoms with Crippen LogP contribution in [0.2, 0.25) is 0 Å². The Hall–Kier alpha value is -0.610. The maximum absolute atomic E-state index is 11.8. The van der Waals surface area contributed by atoms with E-state index in [1.165, 1.54) is 38.8 Å². The first kappa shape index (κ1) is 14.3. The van der Waals surface area contributed by atoms with E-state index in [1.807, 2.05) is 0 Å². The van der Waals surface area contributed by atoms with Crippen molar-refractivity contribution in [2.45, 2.75) is 57.4 Å². The molecule has 0 bridgehead atoms. The number of nitrogens with zero attached hydrogens (tertiary/aromatic N) is 2. The van der Waals surface area contributed by atoms with Crippen LogP contribution in [-0.4, -0.2) is 59.6 Å². The van der Waals surface area contributed by atoms with Crippen LogP contribution in [0, 0.1) is 5.41 Å². The lowest BCUT2D eigenvalue weighted by Crippen LogP contribution is -2.45. The van der Waals surface area contributed by atoms with Crippen LogP contribution >= 0.6 is 0 Å². The van der Waals surface area contributed by atoms with E-state index in [-0.39, 0.29) is 0 Å². The third-order valence-electron chi connectivity index (χ3n) is 5.70. The molecular weight excluding hydrogens is 252 g/mol. The highest BCUT2D eigenvalue weighted by atomic mass is 16.4. The van der Waals surface area contributed by atoms with Crippen molar-refractivity contribution in [3.63, 3.8) is 0 Å². The van der Waals surface area contributed by atoms with Gasteiger partial charge in [0.25, 0.3) is 0 Å². The van der Waals surface area contributed by atoms with E-state index >= 15 is 0 Å². The standard InChI is InChI=1S/C16H28N2O2/c19-15(20)16(7-2-1-3-8-16)13-17-11-6-14(12-17)18-9-4-5-10-18/h14H,1-13H2,(H,19,20).